The van der Waals surface area contributed by atoms with Crippen LogP contribution in [0.25, 0.3) is 0 Å². The van der Waals surface area contributed by atoms with E-state index in [2.05, 4.69) is 30.7 Å². The van der Waals surface area contributed by atoms with Gasteiger partial charge in [0.05, 0.1) is 19.0 Å². The molecule has 10 nitrogen and oxygen atoms in total. The van der Waals surface area contributed by atoms with Gasteiger partial charge in [0, 0.05) is 12.1 Å². The Hall–Kier alpha value is -2.91. The van der Waals surface area contributed by atoms with Gasteiger partial charge in [0.2, 0.25) is 5.91 Å². The van der Waals surface area contributed by atoms with Crippen molar-refractivity contribution in [3.05, 3.63) is 23.2 Å². The first-order valence-corrected chi connectivity index (χ1v) is 6.93. The van der Waals surface area contributed by atoms with Gasteiger partial charge in [0.1, 0.15) is 12.3 Å². The van der Waals surface area contributed by atoms with E-state index in [9.17, 15) is 9.59 Å². The second kappa shape index (κ2) is 7.38. The van der Waals surface area contributed by atoms with Crippen molar-refractivity contribution in [2.24, 2.45) is 0 Å². The number of anilines is 1. The van der Waals surface area contributed by atoms with Crippen molar-refractivity contribution in [1.82, 2.24) is 25.5 Å². The number of ether oxygens (including phenoxy) is 1. The lowest BCUT2D eigenvalue weighted by Crippen LogP contribution is -2.30. The third-order valence-electron chi connectivity index (χ3n) is 3.12. The van der Waals surface area contributed by atoms with E-state index in [1.165, 1.54) is 18.1 Å². The number of nitrogens with one attached hydrogen (secondary N) is 2. The number of methoxy groups -OCH3 is 1. The van der Waals surface area contributed by atoms with E-state index in [4.69, 9.17) is 4.52 Å². The number of carbonyl (C=O) groups is 2. The van der Waals surface area contributed by atoms with Gasteiger partial charge in [0.15, 0.2) is 5.82 Å². The van der Waals surface area contributed by atoms with Crippen LogP contribution in [0.5, 0.6) is 0 Å². The van der Waals surface area contributed by atoms with Gasteiger partial charge in [-0.15, -0.1) is 5.10 Å². The SMILES string of the molecule is COC(=O)Nc1cnn(CC(=O)NCCc2c(C)noc2C)n1. The number of hydrogen-bond donors (Lipinski definition) is 2. The third kappa shape index (κ3) is 4.53. The highest BCUT2D eigenvalue weighted by Crippen LogP contribution is 2.11. The van der Waals surface area contributed by atoms with Crippen molar-refractivity contribution in [3.8, 4) is 0 Å². The average molecular weight is 322 g/mol. The summed E-state index contributed by atoms with van der Waals surface area (Å²) in [7, 11) is 1.24. The van der Waals surface area contributed by atoms with Gasteiger partial charge in [-0.1, -0.05) is 5.16 Å². The molecule has 0 bridgehead atoms. The molecule has 0 aliphatic carbocycles. The van der Waals surface area contributed by atoms with E-state index < -0.39 is 6.09 Å². The van der Waals surface area contributed by atoms with Crippen molar-refractivity contribution in [3.63, 3.8) is 0 Å². The van der Waals surface area contributed by atoms with E-state index in [1.807, 2.05) is 13.8 Å². The first-order valence-electron chi connectivity index (χ1n) is 6.93. The lowest BCUT2D eigenvalue weighted by atomic mass is 10.1. The maximum Gasteiger partial charge on any atom is 0.412 e. The maximum atomic E-state index is 11.8. The molecule has 0 spiro atoms. The molecule has 2 N–H and O–H groups in total. The molecule has 2 rings (SSSR count). The highest BCUT2D eigenvalue weighted by Gasteiger charge is 2.11. The molecule has 0 aliphatic heterocycles. The van der Waals surface area contributed by atoms with Gasteiger partial charge in [-0.2, -0.15) is 9.90 Å². The topological polar surface area (TPSA) is 124 Å². The average Bonchev–Trinajstić information content (AvgIpc) is 3.07. The van der Waals surface area contributed by atoms with Gasteiger partial charge in [-0.25, -0.2) is 4.79 Å². The molecule has 23 heavy (non-hydrogen) atoms. The fraction of sp³-hybridized carbons (Fsp3) is 0.462. The van der Waals surface area contributed by atoms with Crippen molar-refractivity contribution in [2.45, 2.75) is 26.8 Å². The number of carbonyl (C=O) groups excluding carboxylic acids is 2. The Balaban J connectivity index is 1.78. The number of amides is 2. The minimum absolute atomic E-state index is 0.0511. The first-order chi connectivity index (χ1) is 11.0. The van der Waals surface area contributed by atoms with Crippen LogP contribution in [-0.2, 0) is 22.5 Å². The van der Waals surface area contributed by atoms with Crippen LogP contribution in [0.4, 0.5) is 10.6 Å². The summed E-state index contributed by atoms with van der Waals surface area (Å²) in [6.07, 6.45) is 1.31. The standard InChI is InChI=1S/C13H18N6O4/c1-8-10(9(2)23-18-8)4-5-14-12(20)7-19-15-6-11(17-19)16-13(21)22-3/h6H,4-5,7H2,1-3H3,(H,14,20)(H,16,17,21). The molecule has 2 heterocycles. The zero-order valence-corrected chi connectivity index (χ0v) is 13.1. The molecule has 0 atom stereocenters. The Bertz CT molecular complexity index is 673. The molecular formula is C13H18N6O4. The van der Waals surface area contributed by atoms with E-state index in [1.54, 1.807) is 0 Å². The van der Waals surface area contributed by atoms with Crippen molar-refractivity contribution < 1.29 is 18.8 Å². The van der Waals surface area contributed by atoms with Gasteiger partial charge >= 0.3 is 6.09 Å². The largest absolute Gasteiger partial charge is 0.453 e. The smallest absolute Gasteiger partial charge is 0.412 e. The predicted octanol–water partition coefficient (Wildman–Crippen LogP) is 0.420. The molecule has 10 heteroatoms. The zero-order valence-electron chi connectivity index (χ0n) is 13.1. The summed E-state index contributed by atoms with van der Waals surface area (Å²) in [5.41, 5.74) is 1.82. The number of aromatic nitrogens is 4. The molecule has 0 fully saturated rings. The van der Waals surface area contributed by atoms with Gasteiger partial charge in [0.25, 0.3) is 0 Å². The fourth-order valence-corrected chi connectivity index (χ4v) is 1.96. The van der Waals surface area contributed by atoms with Gasteiger partial charge in [-0.05, 0) is 20.3 Å². The Morgan fingerprint density at radius 3 is 2.83 bits per heavy atom. The van der Waals surface area contributed by atoms with Crippen LogP contribution < -0.4 is 10.6 Å². The third-order valence-corrected chi connectivity index (χ3v) is 3.12. The Morgan fingerprint density at radius 2 is 2.17 bits per heavy atom. The van der Waals surface area contributed by atoms with E-state index >= 15 is 0 Å². The molecule has 0 radical (unpaired) electrons. The number of nitrogens with zero attached hydrogens (tertiary/aromatic N) is 4. The van der Waals surface area contributed by atoms with Crippen LogP contribution in [0.3, 0.4) is 0 Å². The van der Waals surface area contributed by atoms with Crippen LogP contribution in [0.15, 0.2) is 10.7 Å². The minimum atomic E-state index is -0.652. The summed E-state index contributed by atoms with van der Waals surface area (Å²) in [5.74, 6) is 0.723. The molecule has 2 amide bonds. The molecule has 2 aromatic heterocycles. The highest BCUT2D eigenvalue weighted by molar-refractivity contribution is 5.82. The Labute approximate surface area is 132 Å². The quantitative estimate of drug-likeness (QED) is 0.789. The summed E-state index contributed by atoms with van der Waals surface area (Å²) in [6.45, 7) is 4.10. The normalized spacial score (nSPS) is 10.4. The zero-order chi connectivity index (χ0) is 16.8. The first kappa shape index (κ1) is 16.5. The summed E-state index contributed by atoms with van der Waals surface area (Å²) < 4.78 is 9.49. The monoisotopic (exact) mass is 322 g/mol. The molecule has 0 saturated carbocycles. The van der Waals surface area contributed by atoms with Crippen molar-refractivity contribution in [1.29, 1.82) is 0 Å². The van der Waals surface area contributed by atoms with Crippen molar-refractivity contribution in [2.75, 3.05) is 19.0 Å². The maximum absolute atomic E-state index is 11.8. The van der Waals surface area contributed by atoms with Crippen LogP contribution in [-0.4, -0.2) is 45.8 Å². The van der Waals surface area contributed by atoms with E-state index in [0.717, 1.165) is 17.0 Å². The molecular weight excluding hydrogens is 304 g/mol. The lowest BCUT2D eigenvalue weighted by molar-refractivity contribution is -0.122. The van der Waals surface area contributed by atoms with Gasteiger partial charge in [-0.3, -0.25) is 10.1 Å². The summed E-state index contributed by atoms with van der Waals surface area (Å²) in [5, 5.41) is 16.8. The van der Waals surface area contributed by atoms with E-state index in [0.29, 0.717) is 13.0 Å². The lowest BCUT2D eigenvalue weighted by Gasteiger charge is -2.04. The highest BCUT2D eigenvalue weighted by atomic mass is 16.5. The fourth-order valence-electron chi connectivity index (χ4n) is 1.96. The number of rotatable bonds is 6. The molecule has 124 valence electrons. The van der Waals surface area contributed by atoms with Gasteiger partial charge < -0.3 is 14.6 Å². The van der Waals surface area contributed by atoms with Crippen LogP contribution in [0, 0.1) is 13.8 Å². The second-order valence-electron chi connectivity index (χ2n) is 4.78. The van der Waals surface area contributed by atoms with Crippen LogP contribution in [0.1, 0.15) is 17.0 Å². The number of hydrogen-bond acceptors (Lipinski definition) is 7. The van der Waals surface area contributed by atoms with Crippen molar-refractivity contribution >= 4 is 17.8 Å². The molecule has 0 aromatic carbocycles. The predicted molar refractivity (Wildman–Crippen MR) is 78.7 cm³/mol. The second-order valence-corrected chi connectivity index (χ2v) is 4.78. The molecule has 0 saturated heterocycles. The Kier molecular flexibility index (Phi) is 5.28. The Morgan fingerprint density at radius 1 is 1.39 bits per heavy atom. The van der Waals surface area contributed by atoms with E-state index in [-0.39, 0.29) is 18.3 Å². The molecule has 0 unspecified atom stereocenters. The van der Waals surface area contributed by atoms with Crippen LogP contribution in [0.2, 0.25) is 0 Å². The van der Waals surface area contributed by atoms with Crippen LogP contribution >= 0.6 is 0 Å². The summed E-state index contributed by atoms with van der Waals surface area (Å²) in [6, 6.07) is 0. The number of aryl methyl sites for hydroxylation is 2. The summed E-state index contributed by atoms with van der Waals surface area (Å²) >= 11 is 0. The molecule has 0 aliphatic rings. The summed E-state index contributed by atoms with van der Waals surface area (Å²) in [4.78, 5) is 24.0. The molecule has 2 aromatic rings. The minimum Gasteiger partial charge on any atom is -0.453 e.